The van der Waals surface area contributed by atoms with Gasteiger partial charge in [-0.05, 0) is 30.3 Å². The molecule has 0 aliphatic heterocycles. The van der Waals surface area contributed by atoms with Gasteiger partial charge in [0.2, 0.25) is 0 Å². The highest BCUT2D eigenvalue weighted by Crippen LogP contribution is 2.44. The summed E-state index contributed by atoms with van der Waals surface area (Å²) >= 11 is 0. The Morgan fingerprint density at radius 2 is 1.39 bits per heavy atom. The lowest BCUT2D eigenvalue weighted by atomic mass is 10.0. The first-order chi connectivity index (χ1) is 17.7. The predicted molar refractivity (Wildman–Crippen MR) is 124 cm³/mol. The zero-order valence-corrected chi connectivity index (χ0v) is 20.1. The van der Waals surface area contributed by atoms with Crippen molar-refractivity contribution in [3.8, 4) is 11.5 Å². The van der Waals surface area contributed by atoms with Gasteiger partial charge in [0, 0.05) is 29.4 Å². The van der Waals surface area contributed by atoms with E-state index in [1.807, 2.05) is 13.8 Å². The Bertz CT molecular complexity index is 1170. The van der Waals surface area contributed by atoms with Crippen molar-refractivity contribution in [1.82, 2.24) is 0 Å². The van der Waals surface area contributed by atoms with Crippen LogP contribution < -0.4 is 9.64 Å². The molecule has 1 N–H and O–H groups in total. The van der Waals surface area contributed by atoms with Crippen LogP contribution >= 0.6 is 0 Å². The van der Waals surface area contributed by atoms with E-state index in [2.05, 4.69) is 0 Å². The Labute approximate surface area is 213 Å². The first kappa shape index (κ1) is 30.8. The summed E-state index contributed by atoms with van der Waals surface area (Å²) in [6.45, 7) is 2.23. The van der Waals surface area contributed by atoms with E-state index < -0.39 is 54.4 Å². The zero-order chi connectivity index (χ0) is 28.7. The number of para-hydroxylation sites is 1. The van der Waals surface area contributed by atoms with E-state index in [0.717, 1.165) is 4.90 Å². The lowest BCUT2D eigenvalue weighted by Crippen LogP contribution is -2.41. The zero-order valence-electron chi connectivity index (χ0n) is 20.1. The average Bonchev–Trinajstić information content (AvgIpc) is 2.85. The molecule has 0 bridgehead atoms. The number of rotatable bonds is 8. The highest BCUT2D eigenvalue weighted by Gasteiger charge is 2.58. The molecule has 0 fully saturated rings. The lowest BCUT2D eigenvalue weighted by Gasteiger charge is -2.29. The summed E-state index contributed by atoms with van der Waals surface area (Å²) < 4.78 is 124. The van der Waals surface area contributed by atoms with E-state index in [4.69, 9.17) is 4.74 Å². The number of anilines is 1. The first-order valence-corrected chi connectivity index (χ1v) is 11.2. The van der Waals surface area contributed by atoms with Crippen molar-refractivity contribution < 1.29 is 49.4 Å². The molecule has 0 heterocycles. The molecule has 3 aromatic carbocycles. The molecule has 0 aliphatic carbocycles. The van der Waals surface area contributed by atoms with Crippen molar-refractivity contribution in [2.45, 2.75) is 44.8 Å². The van der Waals surface area contributed by atoms with Crippen molar-refractivity contribution in [2.75, 3.05) is 11.4 Å². The largest absolute Gasteiger partial charge is 0.458 e. The number of nitrogens with zero attached hydrogens (tertiary/aromatic N) is 1. The monoisotopic (exact) mass is 553 g/mol. The van der Waals surface area contributed by atoms with Crippen LogP contribution in [0.4, 0.5) is 45.2 Å². The Hall–Kier alpha value is -3.41. The van der Waals surface area contributed by atoms with Gasteiger partial charge in [-0.15, -0.1) is 0 Å². The second-order valence-electron chi connectivity index (χ2n) is 7.73. The molecule has 0 unspecified atom stereocenters. The Morgan fingerprint density at radius 1 is 0.789 bits per heavy atom. The van der Waals surface area contributed by atoms with E-state index in [1.165, 1.54) is 24.3 Å². The molecule has 1 atom stereocenters. The fourth-order valence-electron chi connectivity index (χ4n) is 3.18. The van der Waals surface area contributed by atoms with Gasteiger partial charge in [0.15, 0.2) is 6.10 Å². The van der Waals surface area contributed by atoms with Crippen molar-refractivity contribution >= 4 is 5.69 Å². The summed E-state index contributed by atoms with van der Waals surface area (Å²) in [5.41, 5.74) is -2.09. The van der Waals surface area contributed by atoms with E-state index in [0.29, 0.717) is 17.9 Å². The summed E-state index contributed by atoms with van der Waals surface area (Å²) in [5, 5.41) is 9.59. The van der Waals surface area contributed by atoms with E-state index in [1.54, 1.807) is 30.3 Å². The number of ether oxygens (including phenoxy) is 1. The minimum absolute atomic E-state index is 0.0177. The lowest BCUT2D eigenvalue weighted by molar-refractivity contribution is -0.289. The summed E-state index contributed by atoms with van der Waals surface area (Å²) in [4.78, 5) is 0.899. The Kier molecular flexibility index (Phi) is 10.1. The summed E-state index contributed by atoms with van der Waals surface area (Å²) in [5.74, 6) is -6.23. The van der Waals surface area contributed by atoms with Crippen molar-refractivity contribution in [3.05, 3.63) is 89.7 Å². The number of benzene rings is 3. The second-order valence-corrected chi connectivity index (χ2v) is 7.73. The molecule has 38 heavy (non-hydrogen) atoms. The Balaban J connectivity index is 0.00000247. The normalized spacial score (nSPS) is 12.8. The maximum Gasteiger partial charge on any atom is 0.458 e. The molecular formula is C26H24F9NO2. The number of halogens is 9. The molecule has 12 heteroatoms. The third kappa shape index (κ3) is 7.80. The van der Waals surface area contributed by atoms with Gasteiger partial charge in [-0.25, -0.2) is 4.39 Å². The smallest absolute Gasteiger partial charge is 0.457 e. The molecule has 0 aliphatic rings. The molecule has 0 spiro atoms. The molecular weight excluding hydrogens is 529 g/mol. The van der Waals surface area contributed by atoms with Crippen LogP contribution in [0.3, 0.4) is 0 Å². The van der Waals surface area contributed by atoms with Crippen LogP contribution in [0, 0.1) is 5.82 Å². The summed E-state index contributed by atoms with van der Waals surface area (Å²) in [7, 11) is 0. The molecule has 0 saturated carbocycles. The maximum absolute atomic E-state index is 14.5. The van der Waals surface area contributed by atoms with Gasteiger partial charge in [0.1, 0.15) is 17.3 Å². The van der Waals surface area contributed by atoms with Crippen LogP contribution in [0.15, 0.2) is 72.8 Å². The molecule has 3 rings (SSSR count). The number of hydrogen-bond acceptors (Lipinski definition) is 3. The molecule has 3 aromatic rings. The highest BCUT2D eigenvalue weighted by molar-refractivity contribution is 5.52. The van der Waals surface area contributed by atoms with Gasteiger partial charge in [-0.2, -0.15) is 35.1 Å². The van der Waals surface area contributed by atoms with Crippen molar-refractivity contribution in [3.63, 3.8) is 0 Å². The number of aliphatic hydroxyl groups excluding tert-OH is 1. The van der Waals surface area contributed by atoms with E-state index >= 15 is 0 Å². The van der Waals surface area contributed by atoms with Gasteiger partial charge in [0.05, 0.1) is 6.54 Å². The molecule has 0 aromatic heterocycles. The summed E-state index contributed by atoms with van der Waals surface area (Å²) in [6.07, 6.45) is -13.9. The van der Waals surface area contributed by atoms with Crippen LogP contribution in [0.25, 0.3) is 0 Å². The SMILES string of the molecule is CC.O[C@H](CN(Cc1ccc(C(F)(F)C(F)(F)F)cc1F)c1cccc(Oc2ccccc2)c1)C(F)(F)F. The van der Waals surface area contributed by atoms with Crippen LogP contribution in [0.5, 0.6) is 11.5 Å². The molecule has 3 nitrogen and oxygen atoms in total. The Morgan fingerprint density at radius 3 is 1.95 bits per heavy atom. The van der Waals surface area contributed by atoms with Gasteiger partial charge in [-0.1, -0.05) is 50.2 Å². The average molecular weight is 553 g/mol. The van der Waals surface area contributed by atoms with Crippen LogP contribution in [-0.2, 0) is 12.5 Å². The van der Waals surface area contributed by atoms with Crippen molar-refractivity contribution in [2.24, 2.45) is 0 Å². The van der Waals surface area contributed by atoms with Crippen LogP contribution in [-0.4, -0.2) is 30.1 Å². The number of aliphatic hydroxyl groups is 1. The fourth-order valence-corrected chi connectivity index (χ4v) is 3.18. The molecule has 208 valence electrons. The van der Waals surface area contributed by atoms with Crippen LogP contribution in [0.2, 0.25) is 0 Å². The first-order valence-electron chi connectivity index (χ1n) is 11.2. The van der Waals surface area contributed by atoms with Gasteiger partial charge in [0.25, 0.3) is 0 Å². The topological polar surface area (TPSA) is 32.7 Å². The van der Waals surface area contributed by atoms with Gasteiger partial charge >= 0.3 is 18.3 Å². The minimum Gasteiger partial charge on any atom is -0.457 e. The predicted octanol–water partition coefficient (Wildman–Crippen LogP) is 8.23. The molecule has 0 radical (unpaired) electrons. The highest BCUT2D eigenvalue weighted by atomic mass is 19.4. The molecule has 0 amide bonds. The third-order valence-corrected chi connectivity index (χ3v) is 5.07. The number of alkyl halides is 8. The third-order valence-electron chi connectivity index (χ3n) is 5.07. The standard InChI is InChI=1S/C24H18F9NO2.C2H6/c25-20-11-16(22(26,27)24(31,32)33)10-9-15(20)13-34(14-21(35)23(28,29)30)17-5-4-8-19(12-17)36-18-6-2-1-3-7-18;1-2/h1-12,21,35H,13-14H2;1-2H3/t21-;/m1./s1. The second kappa shape index (κ2) is 12.4. The van der Waals surface area contributed by atoms with E-state index in [9.17, 15) is 44.6 Å². The van der Waals surface area contributed by atoms with E-state index in [-0.39, 0.29) is 17.5 Å². The summed E-state index contributed by atoms with van der Waals surface area (Å²) in [6, 6.07) is 14.8. The van der Waals surface area contributed by atoms with Crippen LogP contribution in [0.1, 0.15) is 25.0 Å². The maximum atomic E-state index is 14.5. The quantitative estimate of drug-likeness (QED) is 0.285. The fraction of sp³-hybridized carbons (Fsp3) is 0.308. The van der Waals surface area contributed by atoms with Crippen molar-refractivity contribution in [1.29, 1.82) is 0 Å². The minimum atomic E-state index is -5.97. The van der Waals surface area contributed by atoms with Gasteiger partial charge in [-0.3, -0.25) is 0 Å². The van der Waals surface area contributed by atoms with Gasteiger partial charge < -0.3 is 14.7 Å². The molecule has 0 saturated heterocycles. The number of hydrogen-bond donors (Lipinski definition) is 1.